The minimum Gasteiger partial charge on any atom is -0.299 e. The predicted molar refractivity (Wildman–Crippen MR) is 48.5 cm³/mol. The summed E-state index contributed by atoms with van der Waals surface area (Å²) in [6.45, 7) is 2.66. The third-order valence-electron chi connectivity index (χ3n) is 3.10. The quantitative estimate of drug-likeness (QED) is 0.615. The van der Waals surface area contributed by atoms with Crippen LogP contribution in [0.4, 0.5) is 0 Å². The molecule has 2 nitrogen and oxygen atoms in total. The SMILES string of the molecule is CC(=O)C1(C2=NCCCC2)CC1. The van der Waals surface area contributed by atoms with Gasteiger partial charge in [0.2, 0.25) is 0 Å². The summed E-state index contributed by atoms with van der Waals surface area (Å²) in [5.74, 6) is 0.336. The number of ketones is 1. The number of carbonyl (C=O) groups excluding carboxylic acids is 1. The van der Waals surface area contributed by atoms with Crippen LogP contribution in [0.1, 0.15) is 39.0 Å². The Morgan fingerprint density at radius 2 is 2.17 bits per heavy atom. The summed E-state index contributed by atoms with van der Waals surface area (Å²) in [4.78, 5) is 15.8. The molecule has 0 radical (unpaired) electrons. The maximum Gasteiger partial charge on any atom is 0.141 e. The summed E-state index contributed by atoms with van der Waals surface area (Å²) >= 11 is 0. The average Bonchev–Trinajstić information content (AvgIpc) is 2.86. The van der Waals surface area contributed by atoms with Gasteiger partial charge in [0.25, 0.3) is 0 Å². The third kappa shape index (κ3) is 1.10. The van der Waals surface area contributed by atoms with E-state index in [0.717, 1.165) is 25.8 Å². The molecule has 0 N–H and O–H groups in total. The Balaban J connectivity index is 2.17. The van der Waals surface area contributed by atoms with E-state index in [1.165, 1.54) is 18.6 Å². The van der Waals surface area contributed by atoms with Gasteiger partial charge in [0, 0.05) is 12.3 Å². The molecular weight excluding hydrogens is 150 g/mol. The zero-order chi connectivity index (χ0) is 8.60. The number of hydrogen-bond donors (Lipinski definition) is 0. The lowest BCUT2D eigenvalue weighted by Crippen LogP contribution is -2.25. The second-order valence-electron chi connectivity index (χ2n) is 3.92. The van der Waals surface area contributed by atoms with E-state index in [4.69, 9.17) is 0 Å². The van der Waals surface area contributed by atoms with Gasteiger partial charge in [-0.3, -0.25) is 9.79 Å². The van der Waals surface area contributed by atoms with Crippen LogP contribution in [0.2, 0.25) is 0 Å². The first kappa shape index (κ1) is 7.96. The van der Waals surface area contributed by atoms with E-state index >= 15 is 0 Å². The van der Waals surface area contributed by atoms with Crippen molar-refractivity contribution in [3.05, 3.63) is 0 Å². The van der Waals surface area contributed by atoms with Crippen LogP contribution in [0.5, 0.6) is 0 Å². The molecule has 0 amide bonds. The molecule has 2 heteroatoms. The summed E-state index contributed by atoms with van der Waals surface area (Å²) in [7, 11) is 0. The molecule has 1 heterocycles. The van der Waals surface area contributed by atoms with Gasteiger partial charge < -0.3 is 0 Å². The van der Waals surface area contributed by atoms with Crippen molar-refractivity contribution in [2.45, 2.75) is 39.0 Å². The fourth-order valence-electron chi connectivity index (χ4n) is 2.06. The smallest absolute Gasteiger partial charge is 0.141 e. The molecule has 1 saturated carbocycles. The van der Waals surface area contributed by atoms with Crippen LogP contribution < -0.4 is 0 Å². The highest BCUT2D eigenvalue weighted by Gasteiger charge is 2.51. The molecule has 1 fully saturated rings. The van der Waals surface area contributed by atoms with Gasteiger partial charge in [0.15, 0.2) is 0 Å². The highest BCUT2D eigenvalue weighted by atomic mass is 16.1. The fraction of sp³-hybridized carbons (Fsp3) is 0.800. The first-order valence-corrected chi connectivity index (χ1v) is 4.80. The number of Topliss-reactive ketones (excluding diaryl/α,β-unsaturated/α-hetero) is 1. The van der Waals surface area contributed by atoms with Crippen molar-refractivity contribution in [1.82, 2.24) is 0 Å². The molecule has 2 aliphatic rings. The Bertz CT molecular complexity index is 238. The summed E-state index contributed by atoms with van der Waals surface area (Å²) < 4.78 is 0. The minimum absolute atomic E-state index is 0.0690. The number of rotatable bonds is 2. The minimum atomic E-state index is -0.0690. The number of nitrogens with zero attached hydrogens (tertiary/aromatic N) is 1. The predicted octanol–water partition coefficient (Wildman–Crippen LogP) is 1.98. The largest absolute Gasteiger partial charge is 0.299 e. The van der Waals surface area contributed by atoms with Crippen molar-refractivity contribution in [1.29, 1.82) is 0 Å². The topological polar surface area (TPSA) is 29.4 Å². The summed E-state index contributed by atoms with van der Waals surface area (Å²) in [5, 5.41) is 0. The maximum atomic E-state index is 11.3. The molecule has 0 aromatic carbocycles. The van der Waals surface area contributed by atoms with Crippen molar-refractivity contribution in [2.75, 3.05) is 6.54 Å². The lowest BCUT2D eigenvalue weighted by molar-refractivity contribution is -0.119. The molecule has 0 aromatic rings. The zero-order valence-electron chi connectivity index (χ0n) is 7.60. The molecule has 0 bridgehead atoms. The molecule has 0 saturated heterocycles. The first-order valence-electron chi connectivity index (χ1n) is 4.80. The highest BCUT2D eigenvalue weighted by Crippen LogP contribution is 2.49. The first-order chi connectivity index (χ1) is 5.76. The van der Waals surface area contributed by atoms with E-state index in [1.807, 2.05) is 0 Å². The summed E-state index contributed by atoms with van der Waals surface area (Å²) in [5.41, 5.74) is 1.14. The van der Waals surface area contributed by atoms with Crippen molar-refractivity contribution < 1.29 is 4.79 Å². The Morgan fingerprint density at radius 3 is 2.58 bits per heavy atom. The van der Waals surface area contributed by atoms with Gasteiger partial charge in [0.1, 0.15) is 5.78 Å². The van der Waals surface area contributed by atoms with Gasteiger partial charge in [-0.15, -0.1) is 0 Å². The molecule has 0 spiro atoms. The van der Waals surface area contributed by atoms with Gasteiger partial charge in [-0.1, -0.05) is 0 Å². The van der Waals surface area contributed by atoms with Gasteiger partial charge in [-0.25, -0.2) is 0 Å². The third-order valence-corrected chi connectivity index (χ3v) is 3.10. The van der Waals surface area contributed by atoms with Crippen LogP contribution in [0.15, 0.2) is 4.99 Å². The van der Waals surface area contributed by atoms with Crippen LogP contribution in [0.25, 0.3) is 0 Å². The molecule has 66 valence electrons. The molecule has 2 rings (SSSR count). The number of aliphatic imine (C=N–C) groups is 1. The van der Waals surface area contributed by atoms with Crippen LogP contribution in [-0.4, -0.2) is 18.0 Å². The Labute approximate surface area is 73.1 Å². The van der Waals surface area contributed by atoms with Crippen molar-refractivity contribution in [3.8, 4) is 0 Å². The summed E-state index contributed by atoms with van der Waals surface area (Å²) in [6.07, 6.45) is 5.62. The van der Waals surface area contributed by atoms with Crippen molar-refractivity contribution in [3.63, 3.8) is 0 Å². The van der Waals surface area contributed by atoms with Crippen molar-refractivity contribution >= 4 is 11.5 Å². The molecule has 0 atom stereocenters. The van der Waals surface area contributed by atoms with E-state index in [1.54, 1.807) is 6.92 Å². The van der Waals surface area contributed by atoms with Gasteiger partial charge in [0.05, 0.1) is 5.41 Å². The van der Waals surface area contributed by atoms with Gasteiger partial charge >= 0.3 is 0 Å². The molecule has 1 aliphatic carbocycles. The van der Waals surface area contributed by atoms with Gasteiger partial charge in [-0.05, 0) is 39.0 Å². The van der Waals surface area contributed by atoms with Crippen LogP contribution in [0.3, 0.4) is 0 Å². The standard InChI is InChI=1S/C10H15NO/c1-8(12)10(5-6-10)9-4-2-3-7-11-9/h2-7H2,1H3. The monoisotopic (exact) mass is 165 g/mol. The maximum absolute atomic E-state index is 11.3. The average molecular weight is 165 g/mol. The Morgan fingerprint density at radius 1 is 1.42 bits per heavy atom. The summed E-state index contributed by atoms with van der Waals surface area (Å²) in [6, 6.07) is 0. The Hall–Kier alpha value is -0.660. The van der Waals surface area contributed by atoms with E-state index in [9.17, 15) is 4.79 Å². The molecule has 12 heavy (non-hydrogen) atoms. The van der Waals surface area contributed by atoms with Crippen molar-refractivity contribution in [2.24, 2.45) is 10.4 Å². The van der Waals surface area contributed by atoms with Crippen LogP contribution in [0, 0.1) is 5.41 Å². The van der Waals surface area contributed by atoms with E-state index in [-0.39, 0.29) is 5.41 Å². The Kier molecular flexibility index (Phi) is 1.78. The highest BCUT2D eigenvalue weighted by molar-refractivity contribution is 6.11. The molecule has 1 aliphatic heterocycles. The number of hydrogen-bond acceptors (Lipinski definition) is 2. The zero-order valence-corrected chi connectivity index (χ0v) is 7.60. The van der Waals surface area contributed by atoms with Crippen LogP contribution >= 0.6 is 0 Å². The van der Waals surface area contributed by atoms with E-state index in [0.29, 0.717) is 5.78 Å². The van der Waals surface area contributed by atoms with E-state index in [2.05, 4.69) is 4.99 Å². The number of carbonyl (C=O) groups is 1. The lowest BCUT2D eigenvalue weighted by Gasteiger charge is -2.18. The molecule has 0 aromatic heterocycles. The second kappa shape index (κ2) is 2.68. The second-order valence-corrected chi connectivity index (χ2v) is 3.92. The molecular formula is C10H15NO. The van der Waals surface area contributed by atoms with E-state index < -0.39 is 0 Å². The van der Waals surface area contributed by atoms with Crippen LogP contribution in [-0.2, 0) is 4.79 Å². The lowest BCUT2D eigenvalue weighted by atomic mass is 9.90. The van der Waals surface area contributed by atoms with Gasteiger partial charge in [-0.2, -0.15) is 0 Å². The molecule has 0 unspecified atom stereocenters. The normalized spacial score (nSPS) is 26.2. The fourth-order valence-corrected chi connectivity index (χ4v) is 2.06.